The number of aryl methyl sites for hydroxylation is 1. The largest absolute Gasteiger partial charge is 0.298 e. The molecule has 10 heavy (non-hydrogen) atoms. The topological polar surface area (TPSA) is 34.9 Å². The van der Waals surface area contributed by atoms with Crippen molar-refractivity contribution in [2.24, 2.45) is 7.05 Å². The van der Waals surface area contributed by atoms with E-state index in [4.69, 9.17) is 0 Å². The zero-order chi connectivity index (χ0) is 7.98. The molecule has 0 saturated heterocycles. The molecule has 0 spiro atoms. The highest BCUT2D eigenvalue weighted by atomic mass is 16.1. The van der Waals surface area contributed by atoms with Gasteiger partial charge in [-0.15, -0.1) is 0 Å². The van der Waals surface area contributed by atoms with Crippen LogP contribution >= 0.6 is 0 Å². The Hall–Kier alpha value is -1.12. The number of carbonyl (C=O) groups is 1. The van der Waals surface area contributed by atoms with Crippen molar-refractivity contribution in [3.8, 4) is 0 Å². The van der Waals surface area contributed by atoms with Gasteiger partial charge in [-0.05, 0) is 0 Å². The fourth-order valence-corrected chi connectivity index (χ4v) is 0.501. The van der Waals surface area contributed by atoms with Crippen LogP contribution in [0.2, 0.25) is 0 Å². The van der Waals surface area contributed by atoms with E-state index < -0.39 is 0 Å². The Morgan fingerprint density at radius 3 is 2.40 bits per heavy atom. The summed E-state index contributed by atoms with van der Waals surface area (Å²) in [6.07, 6.45) is 3.95. The van der Waals surface area contributed by atoms with Gasteiger partial charge in [0.25, 0.3) is 0 Å². The average Bonchev–Trinajstić information content (AvgIpc) is 2.40. The summed E-state index contributed by atoms with van der Waals surface area (Å²) in [7, 11) is 1.77. The van der Waals surface area contributed by atoms with E-state index in [0.717, 1.165) is 6.29 Å². The Morgan fingerprint density at radius 2 is 2.20 bits per heavy atom. The molecule has 0 aromatic carbocycles. The maximum absolute atomic E-state index is 9.97. The molecule has 0 aliphatic heterocycles. The highest BCUT2D eigenvalue weighted by Crippen LogP contribution is 1.88. The van der Waals surface area contributed by atoms with Crippen LogP contribution in [0.5, 0.6) is 0 Å². The SMILES string of the molecule is CC.Cn1cc(C=O)cn1. The van der Waals surface area contributed by atoms with Crippen LogP contribution in [-0.2, 0) is 7.05 Å². The van der Waals surface area contributed by atoms with E-state index in [2.05, 4.69) is 5.10 Å². The zero-order valence-corrected chi connectivity index (χ0v) is 6.53. The quantitative estimate of drug-likeness (QED) is 0.550. The number of hydrogen-bond donors (Lipinski definition) is 0. The van der Waals surface area contributed by atoms with Gasteiger partial charge >= 0.3 is 0 Å². The molecule has 0 radical (unpaired) electrons. The van der Waals surface area contributed by atoms with Crippen molar-refractivity contribution in [1.29, 1.82) is 0 Å². The molecule has 3 nitrogen and oxygen atoms in total. The van der Waals surface area contributed by atoms with Crippen molar-refractivity contribution in [3.05, 3.63) is 18.0 Å². The van der Waals surface area contributed by atoms with Crippen LogP contribution in [0.15, 0.2) is 12.4 Å². The highest BCUT2D eigenvalue weighted by Gasteiger charge is 1.88. The standard InChI is InChI=1S/C5H6N2O.C2H6/c1-7-3-5(4-8)2-6-7;1-2/h2-4H,1H3;1-2H3. The highest BCUT2D eigenvalue weighted by molar-refractivity contribution is 5.73. The lowest BCUT2D eigenvalue weighted by Gasteiger charge is -1.78. The molecule has 56 valence electrons. The van der Waals surface area contributed by atoms with Crippen LogP contribution in [0.3, 0.4) is 0 Å². The van der Waals surface area contributed by atoms with E-state index in [1.165, 1.54) is 6.20 Å². The molecule has 1 rings (SSSR count). The Kier molecular flexibility index (Phi) is 4.20. The van der Waals surface area contributed by atoms with E-state index in [9.17, 15) is 4.79 Å². The molecule has 1 aromatic heterocycles. The van der Waals surface area contributed by atoms with Gasteiger partial charge in [-0.3, -0.25) is 9.48 Å². The average molecular weight is 140 g/mol. The van der Waals surface area contributed by atoms with Gasteiger partial charge in [0.05, 0.1) is 11.8 Å². The van der Waals surface area contributed by atoms with Crippen molar-refractivity contribution in [3.63, 3.8) is 0 Å². The molecule has 1 aromatic rings. The van der Waals surface area contributed by atoms with Gasteiger partial charge in [-0.25, -0.2) is 0 Å². The molecular weight excluding hydrogens is 128 g/mol. The van der Waals surface area contributed by atoms with Crippen LogP contribution in [-0.4, -0.2) is 16.1 Å². The third-order valence-electron chi connectivity index (χ3n) is 0.861. The summed E-state index contributed by atoms with van der Waals surface area (Å²) in [6, 6.07) is 0. The van der Waals surface area contributed by atoms with Crippen LogP contribution in [0.1, 0.15) is 24.2 Å². The first-order valence-corrected chi connectivity index (χ1v) is 3.27. The first-order valence-electron chi connectivity index (χ1n) is 3.27. The summed E-state index contributed by atoms with van der Waals surface area (Å²) in [5, 5.41) is 3.77. The lowest BCUT2D eigenvalue weighted by molar-refractivity contribution is 0.112. The van der Waals surface area contributed by atoms with Gasteiger partial charge in [0, 0.05) is 13.2 Å². The van der Waals surface area contributed by atoms with Crippen molar-refractivity contribution in [1.82, 2.24) is 9.78 Å². The molecule has 0 atom stereocenters. The maximum Gasteiger partial charge on any atom is 0.153 e. The number of hydrogen-bond acceptors (Lipinski definition) is 2. The van der Waals surface area contributed by atoms with Crippen LogP contribution in [0.25, 0.3) is 0 Å². The maximum atomic E-state index is 9.97. The predicted molar refractivity (Wildman–Crippen MR) is 39.9 cm³/mol. The molecule has 0 aliphatic carbocycles. The minimum Gasteiger partial charge on any atom is -0.298 e. The van der Waals surface area contributed by atoms with Crippen LogP contribution < -0.4 is 0 Å². The van der Waals surface area contributed by atoms with Crippen molar-refractivity contribution in [2.75, 3.05) is 0 Å². The van der Waals surface area contributed by atoms with E-state index in [0.29, 0.717) is 5.56 Å². The number of nitrogens with zero attached hydrogens (tertiary/aromatic N) is 2. The van der Waals surface area contributed by atoms with E-state index >= 15 is 0 Å². The normalized spacial score (nSPS) is 7.90. The van der Waals surface area contributed by atoms with E-state index in [-0.39, 0.29) is 0 Å². The predicted octanol–water partition coefficient (Wildman–Crippen LogP) is 1.26. The first kappa shape index (κ1) is 8.88. The monoisotopic (exact) mass is 140 g/mol. The molecule has 0 amide bonds. The Bertz CT molecular complexity index is 193. The molecule has 0 saturated carbocycles. The second-order valence-corrected chi connectivity index (χ2v) is 1.57. The number of aldehydes is 1. The molecule has 1 heterocycles. The van der Waals surface area contributed by atoms with Crippen LogP contribution in [0, 0.1) is 0 Å². The molecule has 0 N–H and O–H groups in total. The molecule has 0 unspecified atom stereocenters. The minimum absolute atomic E-state index is 0.618. The van der Waals surface area contributed by atoms with Crippen molar-refractivity contribution in [2.45, 2.75) is 13.8 Å². The molecular formula is C7H12N2O. The summed E-state index contributed by atoms with van der Waals surface area (Å²) in [5.74, 6) is 0. The first-order chi connectivity index (χ1) is 4.83. The van der Waals surface area contributed by atoms with Gasteiger partial charge in [0.15, 0.2) is 6.29 Å². The molecule has 0 fully saturated rings. The smallest absolute Gasteiger partial charge is 0.153 e. The Balaban J connectivity index is 0.000000371. The molecule has 0 aliphatic rings. The van der Waals surface area contributed by atoms with Crippen molar-refractivity contribution < 1.29 is 4.79 Å². The van der Waals surface area contributed by atoms with E-state index in [1.807, 2.05) is 13.8 Å². The Labute approximate surface area is 60.7 Å². The third-order valence-corrected chi connectivity index (χ3v) is 0.861. The minimum atomic E-state index is 0.618. The van der Waals surface area contributed by atoms with Crippen molar-refractivity contribution >= 4 is 6.29 Å². The molecule has 0 bridgehead atoms. The van der Waals surface area contributed by atoms with Gasteiger partial charge < -0.3 is 0 Å². The second-order valence-electron chi connectivity index (χ2n) is 1.57. The number of aromatic nitrogens is 2. The summed E-state index contributed by atoms with van der Waals surface area (Å²) in [6.45, 7) is 4.00. The summed E-state index contributed by atoms with van der Waals surface area (Å²) in [5.41, 5.74) is 0.618. The lowest BCUT2D eigenvalue weighted by Crippen LogP contribution is -1.84. The second kappa shape index (κ2) is 4.73. The van der Waals surface area contributed by atoms with Gasteiger partial charge in [-0.2, -0.15) is 5.10 Å². The molecule has 3 heteroatoms. The lowest BCUT2D eigenvalue weighted by atomic mass is 10.4. The number of carbonyl (C=O) groups excluding carboxylic acids is 1. The fraction of sp³-hybridized carbons (Fsp3) is 0.429. The van der Waals surface area contributed by atoms with Crippen LogP contribution in [0.4, 0.5) is 0 Å². The van der Waals surface area contributed by atoms with Gasteiger partial charge in [0.1, 0.15) is 0 Å². The third kappa shape index (κ3) is 2.44. The zero-order valence-electron chi connectivity index (χ0n) is 6.53. The summed E-state index contributed by atoms with van der Waals surface area (Å²) >= 11 is 0. The fourth-order valence-electron chi connectivity index (χ4n) is 0.501. The number of rotatable bonds is 1. The van der Waals surface area contributed by atoms with Gasteiger partial charge in [-0.1, -0.05) is 13.8 Å². The summed E-state index contributed by atoms with van der Waals surface area (Å²) in [4.78, 5) is 9.97. The summed E-state index contributed by atoms with van der Waals surface area (Å²) < 4.78 is 1.59. The van der Waals surface area contributed by atoms with Gasteiger partial charge in [0.2, 0.25) is 0 Å². The Morgan fingerprint density at radius 1 is 1.60 bits per heavy atom. The van der Waals surface area contributed by atoms with E-state index in [1.54, 1.807) is 17.9 Å².